The average molecular weight is 332 g/mol. The van der Waals surface area contributed by atoms with E-state index in [0.29, 0.717) is 26.1 Å². The van der Waals surface area contributed by atoms with Crippen LogP contribution in [0.2, 0.25) is 10.0 Å². The highest BCUT2D eigenvalue weighted by Gasteiger charge is 2.14. The Kier molecular flexibility index (Phi) is 5.16. The molecule has 1 unspecified atom stereocenters. The van der Waals surface area contributed by atoms with Gasteiger partial charge in [0.15, 0.2) is 0 Å². The molecule has 0 amide bonds. The molecule has 6 heteroatoms. The number of hydrogen-bond acceptors (Lipinski definition) is 2. The molecule has 2 aromatic carbocycles. The first-order valence-electron chi connectivity index (χ1n) is 5.82. The smallest absolute Gasteiger partial charge is 0.123 e. The van der Waals surface area contributed by atoms with E-state index >= 15 is 0 Å². The Labute approximate surface area is 129 Å². The van der Waals surface area contributed by atoms with Crippen LogP contribution in [0.5, 0.6) is 0 Å². The molecule has 2 N–H and O–H groups in total. The van der Waals surface area contributed by atoms with Gasteiger partial charge in [-0.15, -0.1) is 0 Å². The molecule has 0 bridgehead atoms. The second-order valence-electron chi connectivity index (χ2n) is 4.21. The average Bonchev–Trinajstić information content (AvgIpc) is 2.37. The molecule has 0 aliphatic rings. The van der Waals surface area contributed by atoms with Gasteiger partial charge in [-0.1, -0.05) is 35.3 Å². The van der Waals surface area contributed by atoms with Crippen LogP contribution in [0.15, 0.2) is 41.3 Å². The minimum Gasteiger partial charge on any atom is -0.326 e. The van der Waals surface area contributed by atoms with Crippen molar-refractivity contribution in [2.75, 3.05) is 0 Å². The fourth-order valence-corrected chi connectivity index (χ4v) is 3.94. The lowest BCUT2D eigenvalue weighted by Crippen LogP contribution is -2.02. The second-order valence-corrected chi connectivity index (χ2v) is 6.41. The Balaban J connectivity index is 2.30. The van der Waals surface area contributed by atoms with Crippen molar-refractivity contribution in [3.05, 3.63) is 63.4 Å². The Morgan fingerprint density at radius 3 is 2.30 bits per heavy atom. The van der Waals surface area contributed by atoms with Crippen molar-refractivity contribution in [2.45, 2.75) is 17.2 Å². The maximum absolute atomic E-state index is 13.4. The van der Waals surface area contributed by atoms with Crippen molar-refractivity contribution in [3.63, 3.8) is 0 Å². The summed E-state index contributed by atoms with van der Waals surface area (Å²) in [6.45, 7) is 0.226. The van der Waals surface area contributed by atoms with Gasteiger partial charge in [-0.05, 0) is 35.4 Å². The molecular weight excluding hydrogens is 320 g/mol. The third-order valence-corrected chi connectivity index (χ3v) is 5.04. The van der Waals surface area contributed by atoms with Crippen LogP contribution in [0, 0.1) is 5.82 Å². The Hall–Kier alpha value is -0.940. The highest BCUT2D eigenvalue weighted by atomic mass is 35.5. The maximum Gasteiger partial charge on any atom is 0.123 e. The number of rotatable bonds is 4. The summed E-state index contributed by atoms with van der Waals surface area (Å²) < 4.78 is 25.8. The molecule has 2 rings (SSSR count). The summed E-state index contributed by atoms with van der Waals surface area (Å²) in [7, 11) is -1.45. The van der Waals surface area contributed by atoms with Gasteiger partial charge in [-0.25, -0.2) is 4.39 Å². The molecule has 0 spiro atoms. The Morgan fingerprint density at radius 1 is 1.10 bits per heavy atom. The zero-order valence-corrected chi connectivity index (χ0v) is 12.7. The predicted molar refractivity (Wildman–Crippen MR) is 80.9 cm³/mol. The predicted octanol–water partition coefficient (Wildman–Crippen LogP) is 3.90. The van der Waals surface area contributed by atoms with Crippen LogP contribution in [0.4, 0.5) is 4.39 Å². The standard InChI is InChI=1S/C14H12Cl2FNOS/c15-12-2-1-3-13(16)14(12)20(19)8-10-4-9(7-18)5-11(17)6-10/h1-6H,7-8,18H2. The van der Waals surface area contributed by atoms with Crippen molar-refractivity contribution in [1.29, 1.82) is 0 Å². The SMILES string of the molecule is NCc1cc(F)cc(CS(=O)c2c(Cl)cccc2Cl)c1. The number of benzene rings is 2. The minimum absolute atomic E-state index is 0.133. The van der Waals surface area contributed by atoms with Crippen molar-refractivity contribution >= 4 is 34.0 Å². The largest absolute Gasteiger partial charge is 0.326 e. The third-order valence-electron chi connectivity index (χ3n) is 2.70. The number of nitrogens with two attached hydrogens (primary N) is 1. The number of halogens is 3. The van der Waals surface area contributed by atoms with Crippen LogP contribution in [0.25, 0.3) is 0 Å². The van der Waals surface area contributed by atoms with Crippen molar-refractivity contribution in [3.8, 4) is 0 Å². The summed E-state index contributed by atoms with van der Waals surface area (Å²) in [4.78, 5) is 0.370. The van der Waals surface area contributed by atoms with Crippen LogP contribution >= 0.6 is 23.2 Å². The van der Waals surface area contributed by atoms with Gasteiger partial charge < -0.3 is 5.73 Å². The molecule has 20 heavy (non-hydrogen) atoms. The summed E-state index contributed by atoms with van der Waals surface area (Å²) in [5.74, 6) is -0.265. The lowest BCUT2D eigenvalue weighted by atomic mass is 10.1. The minimum atomic E-state index is -1.45. The summed E-state index contributed by atoms with van der Waals surface area (Å²) >= 11 is 12.0. The molecule has 0 aliphatic carbocycles. The molecule has 2 nitrogen and oxygen atoms in total. The van der Waals surface area contributed by atoms with E-state index in [4.69, 9.17) is 28.9 Å². The molecule has 2 aromatic rings. The first-order valence-corrected chi connectivity index (χ1v) is 7.89. The van der Waals surface area contributed by atoms with Crippen LogP contribution in [0.1, 0.15) is 11.1 Å². The normalized spacial score (nSPS) is 12.4. The highest BCUT2D eigenvalue weighted by molar-refractivity contribution is 7.84. The molecule has 0 saturated carbocycles. The molecule has 0 radical (unpaired) electrons. The molecule has 0 aliphatic heterocycles. The molecule has 0 heterocycles. The fraction of sp³-hybridized carbons (Fsp3) is 0.143. The van der Waals surface area contributed by atoms with Crippen molar-refractivity contribution < 1.29 is 8.60 Å². The van der Waals surface area contributed by atoms with E-state index in [1.54, 1.807) is 24.3 Å². The monoisotopic (exact) mass is 331 g/mol. The molecule has 0 saturated heterocycles. The van der Waals surface area contributed by atoms with Gasteiger partial charge in [0.05, 0.1) is 31.5 Å². The second kappa shape index (κ2) is 6.68. The van der Waals surface area contributed by atoms with Gasteiger partial charge >= 0.3 is 0 Å². The third kappa shape index (κ3) is 3.58. The first kappa shape index (κ1) is 15.4. The fourth-order valence-electron chi connectivity index (χ4n) is 1.84. The van der Waals surface area contributed by atoms with E-state index < -0.39 is 16.6 Å². The quantitative estimate of drug-likeness (QED) is 0.923. The molecular formula is C14H12Cl2FNOS. The lowest BCUT2D eigenvalue weighted by Gasteiger charge is -2.08. The highest BCUT2D eigenvalue weighted by Crippen LogP contribution is 2.29. The van der Waals surface area contributed by atoms with Gasteiger partial charge in [0.1, 0.15) is 5.82 Å². The van der Waals surface area contributed by atoms with Gasteiger partial charge in [0.2, 0.25) is 0 Å². The van der Waals surface area contributed by atoms with Gasteiger partial charge in [0.25, 0.3) is 0 Å². The zero-order valence-electron chi connectivity index (χ0n) is 10.4. The van der Waals surface area contributed by atoms with Crippen LogP contribution in [-0.2, 0) is 23.1 Å². The van der Waals surface area contributed by atoms with E-state index in [2.05, 4.69) is 0 Å². The number of hydrogen-bond donors (Lipinski definition) is 1. The van der Waals surface area contributed by atoms with Crippen molar-refractivity contribution in [2.24, 2.45) is 5.73 Å². The van der Waals surface area contributed by atoms with Crippen molar-refractivity contribution in [1.82, 2.24) is 0 Å². The molecule has 1 atom stereocenters. The Bertz CT molecular complexity index is 643. The maximum atomic E-state index is 13.4. The molecule has 106 valence electrons. The van der Waals surface area contributed by atoms with Gasteiger partial charge in [-0.3, -0.25) is 4.21 Å². The van der Waals surface area contributed by atoms with Gasteiger partial charge in [-0.2, -0.15) is 0 Å². The summed E-state index contributed by atoms with van der Waals surface area (Å²) in [5.41, 5.74) is 6.74. The van der Waals surface area contributed by atoms with E-state index in [0.717, 1.165) is 0 Å². The first-order chi connectivity index (χ1) is 9.51. The van der Waals surface area contributed by atoms with Crippen LogP contribution in [-0.4, -0.2) is 4.21 Å². The zero-order chi connectivity index (χ0) is 14.7. The van der Waals surface area contributed by atoms with E-state index in [1.165, 1.54) is 12.1 Å². The van der Waals surface area contributed by atoms with E-state index in [1.807, 2.05) is 0 Å². The topological polar surface area (TPSA) is 43.1 Å². The summed E-state index contributed by atoms with van der Waals surface area (Å²) in [6.07, 6.45) is 0. The summed E-state index contributed by atoms with van der Waals surface area (Å²) in [6, 6.07) is 9.34. The molecule has 0 fully saturated rings. The van der Waals surface area contributed by atoms with Crippen LogP contribution < -0.4 is 5.73 Å². The summed E-state index contributed by atoms with van der Waals surface area (Å²) in [5, 5.41) is 0.678. The lowest BCUT2D eigenvalue weighted by molar-refractivity contribution is 0.623. The Morgan fingerprint density at radius 2 is 1.70 bits per heavy atom. The van der Waals surface area contributed by atoms with Gasteiger partial charge in [0, 0.05) is 6.54 Å². The molecule has 0 aromatic heterocycles. The van der Waals surface area contributed by atoms with E-state index in [9.17, 15) is 8.60 Å². The van der Waals surface area contributed by atoms with E-state index in [-0.39, 0.29) is 12.3 Å². The van der Waals surface area contributed by atoms with Crippen LogP contribution in [0.3, 0.4) is 0 Å².